The maximum atomic E-state index is 11.9. The van der Waals surface area contributed by atoms with Gasteiger partial charge in [-0.3, -0.25) is 9.59 Å². The van der Waals surface area contributed by atoms with E-state index in [9.17, 15) is 14.7 Å². The number of amides is 2. The highest BCUT2D eigenvalue weighted by atomic mass is 35.5. The van der Waals surface area contributed by atoms with E-state index in [1.807, 2.05) is 13.8 Å². The fourth-order valence-corrected chi connectivity index (χ4v) is 2.53. The van der Waals surface area contributed by atoms with Gasteiger partial charge in [0.2, 0.25) is 11.8 Å². The molecule has 0 aliphatic carbocycles. The molecule has 1 aromatic rings. The largest absolute Gasteiger partial charge is 0.383 e. The molecular weight excluding hydrogens is 327 g/mol. The monoisotopic (exact) mass is 346 g/mol. The number of primary amides is 1. The Hall–Kier alpha value is -1.30. The molecule has 0 saturated carbocycles. The quantitative estimate of drug-likeness (QED) is 0.704. The van der Waals surface area contributed by atoms with E-state index in [1.54, 1.807) is 18.2 Å². The Kier molecular flexibility index (Phi) is 7.13. The van der Waals surface area contributed by atoms with Crippen LogP contribution in [0, 0.1) is 5.92 Å². The summed E-state index contributed by atoms with van der Waals surface area (Å²) in [6, 6.07) is 3.96. The Morgan fingerprint density at radius 3 is 2.27 bits per heavy atom. The number of hydrogen-bond donors (Lipinski definition) is 3. The first-order valence-corrected chi connectivity index (χ1v) is 7.68. The number of carbonyl (C=O) groups is 2. The Morgan fingerprint density at radius 1 is 1.27 bits per heavy atom. The van der Waals surface area contributed by atoms with Crippen LogP contribution < -0.4 is 11.1 Å². The molecule has 7 heteroatoms. The van der Waals surface area contributed by atoms with Crippen molar-refractivity contribution in [2.45, 2.75) is 38.8 Å². The molecule has 0 fully saturated rings. The normalized spacial score (nSPS) is 13.7. The summed E-state index contributed by atoms with van der Waals surface area (Å²) in [7, 11) is 0. The fourth-order valence-electron chi connectivity index (χ4n) is 1.98. The van der Waals surface area contributed by atoms with Gasteiger partial charge in [0.25, 0.3) is 0 Å². The van der Waals surface area contributed by atoms with E-state index >= 15 is 0 Å². The first-order valence-electron chi connectivity index (χ1n) is 6.93. The van der Waals surface area contributed by atoms with E-state index in [0.717, 1.165) is 0 Å². The summed E-state index contributed by atoms with van der Waals surface area (Å²) in [5.41, 5.74) is 5.83. The third-order valence-electron chi connectivity index (χ3n) is 3.13. The van der Waals surface area contributed by atoms with Gasteiger partial charge in [0, 0.05) is 16.5 Å². The zero-order valence-electron chi connectivity index (χ0n) is 12.5. The smallest absolute Gasteiger partial charge is 0.249 e. The van der Waals surface area contributed by atoms with Crippen LogP contribution >= 0.6 is 23.2 Å². The summed E-state index contributed by atoms with van der Waals surface area (Å²) in [5, 5.41) is 13.0. The van der Waals surface area contributed by atoms with Gasteiger partial charge >= 0.3 is 0 Å². The number of rotatable bonds is 7. The van der Waals surface area contributed by atoms with Gasteiger partial charge in [-0.2, -0.15) is 0 Å². The minimum absolute atomic E-state index is 0.0635. The molecule has 0 bridgehead atoms. The van der Waals surface area contributed by atoms with Crippen LogP contribution in [-0.4, -0.2) is 29.1 Å². The molecule has 4 N–H and O–H groups in total. The van der Waals surface area contributed by atoms with Crippen molar-refractivity contribution < 1.29 is 14.7 Å². The molecule has 0 unspecified atom stereocenters. The van der Waals surface area contributed by atoms with Crippen LogP contribution in [0.5, 0.6) is 0 Å². The molecule has 5 nitrogen and oxygen atoms in total. The van der Waals surface area contributed by atoms with Crippen molar-refractivity contribution in [3.05, 3.63) is 33.8 Å². The zero-order chi connectivity index (χ0) is 16.9. The zero-order valence-corrected chi connectivity index (χ0v) is 14.0. The molecule has 1 aromatic carbocycles. The molecule has 0 heterocycles. The fraction of sp³-hybridized carbons (Fsp3) is 0.467. The molecular formula is C15H20Cl2N2O3. The van der Waals surface area contributed by atoms with Crippen molar-refractivity contribution in [1.82, 2.24) is 5.32 Å². The summed E-state index contributed by atoms with van der Waals surface area (Å²) < 4.78 is 0. The number of nitrogens with one attached hydrogen (secondary N) is 1. The van der Waals surface area contributed by atoms with Crippen molar-refractivity contribution >= 4 is 35.0 Å². The van der Waals surface area contributed by atoms with Gasteiger partial charge in [0.05, 0.1) is 0 Å². The predicted octanol–water partition coefficient (Wildman–Crippen LogP) is 1.91. The van der Waals surface area contributed by atoms with Gasteiger partial charge < -0.3 is 16.2 Å². The van der Waals surface area contributed by atoms with Gasteiger partial charge in [-0.25, -0.2) is 0 Å². The maximum Gasteiger partial charge on any atom is 0.249 e. The SMILES string of the molecule is CC(C)C[C@@H](O)C(=O)N[C@@H](Cc1c(Cl)cccc1Cl)C(N)=O. The van der Waals surface area contributed by atoms with E-state index in [1.165, 1.54) is 0 Å². The highest BCUT2D eigenvalue weighted by Crippen LogP contribution is 2.25. The standard InChI is InChI=1S/C15H20Cl2N2O3/c1-8(2)6-13(20)15(22)19-12(14(18)21)7-9-10(16)4-3-5-11(9)17/h3-5,8,12-13,20H,6-7H2,1-2H3,(H2,18,21)(H,19,22)/t12-,13+/m0/s1. The summed E-state index contributed by atoms with van der Waals surface area (Å²) in [6.07, 6.45) is -0.832. The number of carbonyl (C=O) groups excluding carboxylic acids is 2. The van der Waals surface area contributed by atoms with Crippen molar-refractivity contribution in [2.24, 2.45) is 11.7 Å². The Balaban J connectivity index is 2.83. The molecule has 2 amide bonds. The van der Waals surface area contributed by atoms with Gasteiger partial charge in [0.1, 0.15) is 12.1 Å². The lowest BCUT2D eigenvalue weighted by Crippen LogP contribution is -2.49. The van der Waals surface area contributed by atoms with Crippen LogP contribution in [0.3, 0.4) is 0 Å². The molecule has 1 rings (SSSR count). The van der Waals surface area contributed by atoms with Gasteiger partial charge in [-0.05, 0) is 30.0 Å². The lowest BCUT2D eigenvalue weighted by Gasteiger charge is -2.20. The highest BCUT2D eigenvalue weighted by Gasteiger charge is 2.25. The molecule has 0 aliphatic heterocycles. The number of aliphatic hydroxyl groups is 1. The number of nitrogens with two attached hydrogens (primary N) is 1. The first kappa shape index (κ1) is 18.7. The van der Waals surface area contributed by atoms with Crippen LogP contribution in [0.4, 0.5) is 0 Å². The Labute approximate surface area is 139 Å². The third kappa shape index (κ3) is 5.48. The van der Waals surface area contributed by atoms with Gasteiger partial charge in [0.15, 0.2) is 0 Å². The minimum atomic E-state index is -1.19. The predicted molar refractivity (Wildman–Crippen MR) is 86.8 cm³/mol. The average Bonchev–Trinajstić information content (AvgIpc) is 2.40. The molecule has 0 aromatic heterocycles. The summed E-state index contributed by atoms with van der Waals surface area (Å²) in [5.74, 6) is -1.22. The van der Waals surface area contributed by atoms with Gasteiger partial charge in [-0.15, -0.1) is 0 Å². The van der Waals surface area contributed by atoms with Crippen LogP contribution in [-0.2, 0) is 16.0 Å². The van der Waals surface area contributed by atoms with E-state index in [0.29, 0.717) is 22.0 Å². The molecule has 0 aliphatic rings. The van der Waals surface area contributed by atoms with Crippen molar-refractivity contribution in [3.63, 3.8) is 0 Å². The van der Waals surface area contributed by atoms with Crippen molar-refractivity contribution in [2.75, 3.05) is 0 Å². The molecule has 0 saturated heterocycles. The summed E-state index contributed by atoms with van der Waals surface area (Å²) in [6.45, 7) is 3.76. The topological polar surface area (TPSA) is 92.4 Å². The molecule has 22 heavy (non-hydrogen) atoms. The average molecular weight is 347 g/mol. The van der Waals surface area contributed by atoms with Crippen LogP contribution in [0.1, 0.15) is 25.8 Å². The maximum absolute atomic E-state index is 11.9. The van der Waals surface area contributed by atoms with E-state index < -0.39 is 24.0 Å². The number of aliphatic hydroxyl groups excluding tert-OH is 1. The highest BCUT2D eigenvalue weighted by molar-refractivity contribution is 6.36. The van der Waals surface area contributed by atoms with Crippen LogP contribution in [0.2, 0.25) is 10.0 Å². The lowest BCUT2D eigenvalue weighted by atomic mass is 10.0. The molecule has 2 atom stereocenters. The van der Waals surface area contributed by atoms with Crippen molar-refractivity contribution in [3.8, 4) is 0 Å². The van der Waals surface area contributed by atoms with Crippen LogP contribution in [0.15, 0.2) is 18.2 Å². The summed E-state index contributed by atoms with van der Waals surface area (Å²) >= 11 is 12.1. The van der Waals surface area contributed by atoms with Crippen molar-refractivity contribution in [1.29, 1.82) is 0 Å². The minimum Gasteiger partial charge on any atom is -0.383 e. The third-order valence-corrected chi connectivity index (χ3v) is 3.84. The second kappa shape index (κ2) is 8.36. The van der Waals surface area contributed by atoms with E-state index in [4.69, 9.17) is 28.9 Å². The first-order chi connectivity index (χ1) is 10.2. The number of halogens is 2. The molecule has 0 radical (unpaired) electrons. The number of benzene rings is 1. The second-order valence-electron chi connectivity index (χ2n) is 5.51. The summed E-state index contributed by atoms with van der Waals surface area (Å²) in [4.78, 5) is 23.5. The van der Waals surface area contributed by atoms with Gasteiger partial charge in [-0.1, -0.05) is 43.1 Å². The lowest BCUT2D eigenvalue weighted by molar-refractivity contribution is -0.133. The van der Waals surface area contributed by atoms with Crippen LogP contribution in [0.25, 0.3) is 0 Å². The number of hydrogen-bond acceptors (Lipinski definition) is 3. The Morgan fingerprint density at radius 2 is 1.82 bits per heavy atom. The van der Waals surface area contributed by atoms with E-state index in [-0.39, 0.29) is 12.3 Å². The molecule has 122 valence electrons. The second-order valence-corrected chi connectivity index (χ2v) is 6.33. The molecule has 0 spiro atoms. The Bertz CT molecular complexity index is 529. The van der Waals surface area contributed by atoms with E-state index in [2.05, 4.69) is 5.32 Å².